The van der Waals surface area contributed by atoms with E-state index in [-0.39, 0.29) is 17.2 Å². The van der Waals surface area contributed by atoms with Crippen LogP contribution in [0.15, 0.2) is 0 Å². The molecular formula is C14H31NO4Si. The Morgan fingerprint density at radius 2 is 1.80 bits per heavy atom. The van der Waals surface area contributed by atoms with Crippen LogP contribution in [0, 0.1) is 5.92 Å². The third-order valence-corrected chi connectivity index (χ3v) is 8.62. The van der Waals surface area contributed by atoms with Gasteiger partial charge in [0.2, 0.25) is 0 Å². The summed E-state index contributed by atoms with van der Waals surface area (Å²) in [6, 6.07) is -0.672. The van der Waals surface area contributed by atoms with E-state index < -0.39 is 20.3 Å². The van der Waals surface area contributed by atoms with Crippen LogP contribution in [0.5, 0.6) is 0 Å². The van der Waals surface area contributed by atoms with Gasteiger partial charge in [0.15, 0.2) is 8.32 Å². The molecule has 0 aliphatic rings. The summed E-state index contributed by atoms with van der Waals surface area (Å²) in [6.07, 6.45) is -0.300. The number of ether oxygens (including phenoxy) is 1. The highest BCUT2D eigenvalue weighted by atomic mass is 28.4. The Morgan fingerprint density at radius 1 is 1.30 bits per heavy atom. The Kier molecular flexibility index (Phi) is 7.38. The summed E-state index contributed by atoms with van der Waals surface area (Å²) in [5.41, 5.74) is 0. The molecule has 2 unspecified atom stereocenters. The fraction of sp³-hybridized carbons (Fsp3) is 0.929. The van der Waals surface area contributed by atoms with Gasteiger partial charge in [0.05, 0.1) is 0 Å². The first-order valence-electron chi connectivity index (χ1n) is 7.08. The highest BCUT2D eigenvalue weighted by Gasteiger charge is 2.38. The summed E-state index contributed by atoms with van der Waals surface area (Å²) in [5.74, 6) is -1.00. The quantitative estimate of drug-likeness (QED) is 0.533. The Bertz CT molecular complexity index is 315. The maximum absolute atomic E-state index is 11.4. The minimum Gasteiger partial charge on any atom is -0.480 e. The number of methoxy groups -OCH3 is 1. The maximum Gasteiger partial charge on any atom is 0.321 e. The molecule has 0 rings (SSSR count). The Balaban J connectivity index is 4.63. The van der Waals surface area contributed by atoms with Crippen LogP contribution in [-0.4, -0.2) is 45.4 Å². The largest absolute Gasteiger partial charge is 0.480 e. The molecule has 0 radical (unpaired) electrons. The molecule has 20 heavy (non-hydrogen) atoms. The van der Waals surface area contributed by atoms with Crippen LogP contribution in [0.4, 0.5) is 0 Å². The molecule has 0 heterocycles. The fourth-order valence-corrected chi connectivity index (χ4v) is 2.56. The molecule has 0 aromatic heterocycles. The molecule has 0 saturated heterocycles. The van der Waals surface area contributed by atoms with E-state index in [1.165, 1.54) is 0 Å². The molecule has 2 N–H and O–H groups in total. The van der Waals surface area contributed by atoms with Gasteiger partial charge in [-0.3, -0.25) is 10.1 Å². The zero-order valence-electron chi connectivity index (χ0n) is 14.1. The molecule has 0 aromatic rings. The molecule has 0 aliphatic heterocycles. The molecule has 0 spiro atoms. The van der Waals surface area contributed by atoms with Crippen molar-refractivity contribution >= 4 is 14.3 Å². The average Bonchev–Trinajstić information content (AvgIpc) is 2.30. The van der Waals surface area contributed by atoms with Gasteiger partial charge in [-0.1, -0.05) is 27.7 Å². The monoisotopic (exact) mass is 305 g/mol. The van der Waals surface area contributed by atoms with Crippen LogP contribution in [0.25, 0.3) is 0 Å². The van der Waals surface area contributed by atoms with E-state index >= 15 is 0 Å². The predicted molar refractivity (Wildman–Crippen MR) is 83.3 cm³/mol. The Labute approximate surface area is 124 Å². The van der Waals surface area contributed by atoms with E-state index in [0.29, 0.717) is 6.61 Å². The number of aliphatic carboxylic acids is 1. The lowest BCUT2D eigenvalue weighted by Crippen LogP contribution is -2.50. The van der Waals surface area contributed by atoms with E-state index in [9.17, 15) is 9.90 Å². The minimum absolute atomic E-state index is 0.124. The molecule has 5 nitrogen and oxygen atoms in total. The van der Waals surface area contributed by atoms with Crippen LogP contribution < -0.4 is 5.32 Å². The van der Waals surface area contributed by atoms with Gasteiger partial charge in [-0.2, -0.15) is 0 Å². The number of carboxylic acids is 1. The molecule has 0 amide bonds. The summed E-state index contributed by atoms with van der Waals surface area (Å²) in [6.45, 7) is 15.0. The predicted octanol–water partition coefficient (Wildman–Crippen LogP) is 2.68. The number of rotatable bonds is 8. The minimum atomic E-state index is -1.85. The van der Waals surface area contributed by atoms with Crippen LogP contribution in [-0.2, 0) is 14.0 Å². The van der Waals surface area contributed by atoms with Crippen molar-refractivity contribution in [2.24, 2.45) is 5.92 Å². The van der Waals surface area contributed by atoms with Crippen LogP contribution >= 0.6 is 0 Å². The molecule has 0 aliphatic carbocycles. The molecule has 0 fully saturated rings. The lowest BCUT2D eigenvalue weighted by atomic mass is 10.0. The molecule has 0 saturated carbocycles. The second kappa shape index (κ2) is 7.54. The summed E-state index contributed by atoms with van der Waals surface area (Å²) >= 11 is 0. The fourth-order valence-electron chi connectivity index (χ4n) is 1.45. The van der Waals surface area contributed by atoms with Gasteiger partial charge >= 0.3 is 5.97 Å². The normalized spacial score (nSPS) is 17.6. The Hall–Kier alpha value is -0.433. The molecule has 3 atom stereocenters. The summed E-state index contributed by atoms with van der Waals surface area (Å²) < 4.78 is 11.2. The summed E-state index contributed by atoms with van der Waals surface area (Å²) in [5, 5.41) is 12.4. The third kappa shape index (κ3) is 5.91. The van der Waals surface area contributed by atoms with Crippen molar-refractivity contribution in [2.75, 3.05) is 13.7 Å². The molecule has 6 heteroatoms. The van der Waals surface area contributed by atoms with E-state index in [1.54, 1.807) is 14.0 Å². The number of hydrogen-bond donors (Lipinski definition) is 2. The number of carboxylic acid groups (broad SMARTS) is 1. The van der Waals surface area contributed by atoms with Gasteiger partial charge in [0.25, 0.3) is 0 Å². The summed E-state index contributed by atoms with van der Waals surface area (Å²) in [7, 11) is -0.300. The van der Waals surface area contributed by atoms with Crippen LogP contribution in [0.1, 0.15) is 34.6 Å². The number of nitrogens with one attached hydrogen (secondary N) is 1. The van der Waals surface area contributed by atoms with E-state index in [0.717, 1.165) is 0 Å². The molecular weight excluding hydrogens is 274 g/mol. The van der Waals surface area contributed by atoms with Gasteiger partial charge in [-0.05, 0) is 25.1 Å². The first-order valence-corrected chi connectivity index (χ1v) is 9.99. The zero-order chi connectivity index (χ0) is 16.1. The molecule has 0 aromatic carbocycles. The summed E-state index contributed by atoms with van der Waals surface area (Å²) in [4.78, 5) is 11.4. The number of hydrogen-bond acceptors (Lipinski definition) is 4. The van der Waals surface area contributed by atoms with Gasteiger partial charge in [0, 0.05) is 19.6 Å². The second-order valence-corrected chi connectivity index (χ2v) is 11.7. The van der Waals surface area contributed by atoms with Gasteiger partial charge < -0.3 is 14.3 Å². The molecule has 0 bridgehead atoms. The van der Waals surface area contributed by atoms with Crippen molar-refractivity contribution in [1.29, 1.82) is 0 Å². The van der Waals surface area contributed by atoms with Gasteiger partial charge in [-0.15, -0.1) is 0 Å². The third-order valence-electron chi connectivity index (χ3n) is 4.12. The first kappa shape index (κ1) is 19.6. The standard InChI is InChI=1S/C14H31NO4Si/c1-10(9-19-20(7,8)14(3,4)5)12(13(16)17)15-11(2)18-6/h10-12,15H,9H2,1-8H3,(H,16,17)/t10?,11?,12-/m0/s1. The van der Waals surface area contributed by atoms with E-state index in [1.807, 2.05) is 6.92 Å². The highest BCUT2D eigenvalue weighted by molar-refractivity contribution is 6.74. The van der Waals surface area contributed by atoms with Crippen molar-refractivity contribution in [3.63, 3.8) is 0 Å². The number of carbonyl (C=O) groups is 1. The van der Waals surface area contributed by atoms with Crippen molar-refractivity contribution in [3.05, 3.63) is 0 Å². The Morgan fingerprint density at radius 3 is 2.15 bits per heavy atom. The van der Waals surface area contributed by atoms with Crippen LogP contribution in [0.3, 0.4) is 0 Å². The van der Waals surface area contributed by atoms with E-state index in [2.05, 4.69) is 39.2 Å². The first-order chi connectivity index (χ1) is 8.92. The average molecular weight is 305 g/mol. The van der Waals surface area contributed by atoms with E-state index in [4.69, 9.17) is 9.16 Å². The molecule has 120 valence electrons. The zero-order valence-corrected chi connectivity index (χ0v) is 15.1. The second-order valence-electron chi connectivity index (χ2n) is 6.91. The SMILES string of the molecule is COC(C)N[C@H](C(=O)O)C(C)CO[Si](C)(C)C(C)(C)C. The van der Waals surface area contributed by atoms with Crippen molar-refractivity contribution in [2.45, 2.75) is 65.0 Å². The smallest absolute Gasteiger partial charge is 0.321 e. The van der Waals surface area contributed by atoms with Gasteiger partial charge in [-0.25, -0.2) is 0 Å². The highest BCUT2D eigenvalue weighted by Crippen LogP contribution is 2.36. The topological polar surface area (TPSA) is 67.8 Å². The van der Waals surface area contributed by atoms with Crippen molar-refractivity contribution in [1.82, 2.24) is 5.32 Å². The van der Waals surface area contributed by atoms with Crippen molar-refractivity contribution in [3.8, 4) is 0 Å². The maximum atomic E-state index is 11.4. The van der Waals surface area contributed by atoms with Crippen LogP contribution in [0.2, 0.25) is 18.1 Å². The van der Waals surface area contributed by atoms with Gasteiger partial charge in [0.1, 0.15) is 12.3 Å². The lowest BCUT2D eigenvalue weighted by Gasteiger charge is -2.37. The lowest BCUT2D eigenvalue weighted by molar-refractivity contribution is -0.142. The van der Waals surface area contributed by atoms with Crippen molar-refractivity contribution < 1.29 is 19.1 Å².